The lowest BCUT2D eigenvalue weighted by Crippen LogP contribution is -2.53. The van der Waals surface area contributed by atoms with Crippen LogP contribution in [0.25, 0.3) is 0 Å². The average molecular weight is 558 g/mol. The van der Waals surface area contributed by atoms with E-state index in [4.69, 9.17) is 4.99 Å². The van der Waals surface area contributed by atoms with E-state index in [-0.39, 0.29) is 35.4 Å². The van der Waals surface area contributed by atoms with Gasteiger partial charge in [0.1, 0.15) is 0 Å². The summed E-state index contributed by atoms with van der Waals surface area (Å²) in [6.45, 7) is 16.1. The minimum atomic E-state index is 0. The highest BCUT2D eigenvalue weighted by atomic mass is 127. The van der Waals surface area contributed by atoms with E-state index in [1.54, 1.807) is 19.0 Å². The van der Waals surface area contributed by atoms with E-state index in [0.29, 0.717) is 0 Å². The van der Waals surface area contributed by atoms with Gasteiger partial charge >= 0.3 is 0 Å². The van der Waals surface area contributed by atoms with Crippen molar-refractivity contribution in [3.63, 3.8) is 0 Å². The van der Waals surface area contributed by atoms with Gasteiger partial charge in [0.25, 0.3) is 5.91 Å². The van der Waals surface area contributed by atoms with Crippen molar-refractivity contribution in [1.82, 2.24) is 20.4 Å². The molecule has 0 aromatic heterocycles. The quantitative estimate of drug-likeness (QED) is 0.290. The van der Waals surface area contributed by atoms with E-state index < -0.39 is 0 Å². The molecule has 2 unspecified atom stereocenters. The topological polar surface area (TPSA) is 60.0 Å². The number of hydrogen-bond acceptors (Lipinski definition) is 3. The zero-order chi connectivity index (χ0) is 23.0. The first kappa shape index (κ1) is 28.7. The second kappa shape index (κ2) is 13.4. The molecule has 0 aliphatic carbocycles. The molecule has 1 amide bonds. The average Bonchev–Trinajstić information content (AvgIpc) is 2.71. The highest BCUT2D eigenvalue weighted by Gasteiger charge is 2.32. The van der Waals surface area contributed by atoms with Gasteiger partial charge < -0.3 is 15.5 Å². The van der Waals surface area contributed by atoms with Crippen LogP contribution in [-0.4, -0.2) is 74.0 Å². The van der Waals surface area contributed by atoms with Crippen LogP contribution in [0.1, 0.15) is 57.0 Å². The van der Waals surface area contributed by atoms with Gasteiger partial charge in [-0.1, -0.05) is 26.0 Å². The van der Waals surface area contributed by atoms with Gasteiger partial charge in [0.05, 0.1) is 6.54 Å². The number of guanidine groups is 1. The monoisotopic (exact) mass is 557 g/mol. The van der Waals surface area contributed by atoms with Gasteiger partial charge in [-0.25, -0.2) is 0 Å². The van der Waals surface area contributed by atoms with Crippen LogP contribution in [0, 0.1) is 11.8 Å². The number of halogens is 1. The molecular formula is C25H44IN5O. The number of aliphatic imine (C=N–C) groups is 1. The highest BCUT2D eigenvalue weighted by Crippen LogP contribution is 2.27. The molecule has 1 aromatic carbocycles. The Bertz CT molecular complexity index is 740. The molecule has 1 aromatic rings. The summed E-state index contributed by atoms with van der Waals surface area (Å²) in [4.78, 5) is 21.3. The molecule has 0 radical (unpaired) electrons. The van der Waals surface area contributed by atoms with Crippen molar-refractivity contribution in [3.05, 3.63) is 35.4 Å². The summed E-state index contributed by atoms with van der Waals surface area (Å²) in [6, 6.07) is 7.87. The SMILES string of the molecule is CCNC(=NCC(C)(C)N1CC(C)CC(C)C1)NCCc1cccc(C(=O)N(C)C)c1.I. The molecule has 7 heteroatoms. The van der Waals surface area contributed by atoms with Crippen molar-refractivity contribution in [2.24, 2.45) is 16.8 Å². The van der Waals surface area contributed by atoms with Crippen molar-refractivity contribution in [2.75, 3.05) is 46.8 Å². The Morgan fingerprint density at radius 1 is 1.19 bits per heavy atom. The molecule has 0 saturated carbocycles. The molecule has 1 aliphatic heterocycles. The number of rotatable bonds is 8. The third kappa shape index (κ3) is 8.89. The molecule has 1 saturated heterocycles. The maximum absolute atomic E-state index is 12.2. The summed E-state index contributed by atoms with van der Waals surface area (Å²) in [6.07, 6.45) is 2.16. The third-order valence-corrected chi connectivity index (χ3v) is 5.98. The van der Waals surface area contributed by atoms with Gasteiger partial charge in [0.2, 0.25) is 0 Å². The lowest BCUT2D eigenvalue weighted by atomic mass is 9.88. The fourth-order valence-electron chi connectivity index (χ4n) is 4.31. The van der Waals surface area contributed by atoms with Crippen LogP contribution >= 0.6 is 24.0 Å². The zero-order valence-electron chi connectivity index (χ0n) is 21.1. The molecule has 32 heavy (non-hydrogen) atoms. The van der Waals surface area contributed by atoms with Crippen LogP contribution < -0.4 is 10.6 Å². The van der Waals surface area contributed by atoms with Crippen LogP contribution in [0.4, 0.5) is 0 Å². The number of nitrogens with zero attached hydrogens (tertiary/aromatic N) is 3. The molecule has 2 rings (SSSR count). The van der Waals surface area contributed by atoms with E-state index in [9.17, 15) is 4.79 Å². The Labute approximate surface area is 212 Å². The van der Waals surface area contributed by atoms with Crippen molar-refractivity contribution in [1.29, 1.82) is 0 Å². The Morgan fingerprint density at radius 2 is 1.84 bits per heavy atom. The van der Waals surface area contributed by atoms with Crippen LogP contribution in [0.15, 0.2) is 29.3 Å². The Hall–Kier alpha value is -1.35. The number of nitrogens with one attached hydrogen (secondary N) is 2. The number of amides is 1. The first-order chi connectivity index (χ1) is 14.6. The lowest BCUT2D eigenvalue weighted by molar-refractivity contribution is 0.0512. The van der Waals surface area contributed by atoms with E-state index in [2.05, 4.69) is 56.2 Å². The fraction of sp³-hybridized carbons (Fsp3) is 0.680. The number of carbonyl (C=O) groups excluding carboxylic acids is 1. The summed E-state index contributed by atoms with van der Waals surface area (Å²) in [7, 11) is 3.56. The van der Waals surface area contributed by atoms with E-state index >= 15 is 0 Å². The van der Waals surface area contributed by atoms with Gasteiger partial charge in [-0.15, -0.1) is 24.0 Å². The van der Waals surface area contributed by atoms with Crippen LogP contribution in [0.2, 0.25) is 0 Å². The summed E-state index contributed by atoms with van der Waals surface area (Å²) in [5, 5.41) is 6.82. The molecule has 0 spiro atoms. The summed E-state index contributed by atoms with van der Waals surface area (Å²) >= 11 is 0. The Kier molecular flexibility index (Phi) is 12.0. The molecule has 0 bridgehead atoms. The molecule has 1 fully saturated rings. The Morgan fingerprint density at radius 3 is 2.44 bits per heavy atom. The lowest BCUT2D eigenvalue weighted by Gasteiger charge is -2.44. The summed E-state index contributed by atoms with van der Waals surface area (Å²) in [5.74, 6) is 2.38. The van der Waals surface area contributed by atoms with Gasteiger partial charge in [-0.3, -0.25) is 14.7 Å². The van der Waals surface area contributed by atoms with Gasteiger partial charge in [-0.2, -0.15) is 0 Å². The smallest absolute Gasteiger partial charge is 0.253 e. The number of likely N-dealkylation sites (tertiary alicyclic amines) is 1. The van der Waals surface area contributed by atoms with Gasteiger partial charge in [0, 0.05) is 51.4 Å². The largest absolute Gasteiger partial charge is 0.357 e. The van der Waals surface area contributed by atoms with Crippen molar-refractivity contribution in [2.45, 2.75) is 53.0 Å². The van der Waals surface area contributed by atoms with E-state index in [1.807, 2.05) is 18.2 Å². The highest BCUT2D eigenvalue weighted by molar-refractivity contribution is 14.0. The second-order valence-corrected chi connectivity index (χ2v) is 9.94. The predicted octanol–water partition coefficient (Wildman–Crippen LogP) is 3.86. The molecule has 1 aliphatic rings. The minimum absolute atomic E-state index is 0. The standard InChI is InChI=1S/C25H43N5O.HI/c1-8-26-24(28-18-25(4,5)30-16-19(2)14-20(3)17-30)27-13-12-21-10-9-11-22(15-21)23(31)29(6)7;/h9-11,15,19-20H,8,12-14,16-18H2,1-7H3,(H2,26,27,28);1H. The number of hydrogen-bond donors (Lipinski definition) is 2. The molecule has 2 N–H and O–H groups in total. The minimum Gasteiger partial charge on any atom is -0.357 e. The van der Waals surface area contributed by atoms with Crippen LogP contribution in [-0.2, 0) is 6.42 Å². The Balaban J connectivity index is 0.00000512. The second-order valence-electron chi connectivity index (χ2n) is 9.94. The molecule has 1 heterocycles. The molecule has 2 atom stereocenters. The maximum Gasteiger partial charge on any atom is 0.253 e. The third-order valence-electron chi connectivity index (χ3n) is 5.98. The predicted molar refractivity (Wildman–Crippen MR) is 146 cm³/mol. The normalized spacial score (nSPS) is 19.8. The fourth-order valence-corrected chi connectivity index (χ4v) is 4.31. The molecular weight excluding hydrogens is 513 g/mol. The van der Waals surface area contributed by atoms with E-state index in [1.165, 1.54) is 6.42 Å². The zero-order valence-corrected chi connectivity index (χ0v) is 23.4. The number of piperidine rings is 1. The van der Waals surface area contributed by atoms with E-state index in [0.717, 1.165) is 68.1 Å². The van der Waals surface area contributed by atoms with Crippen LogP contribution in [0.3, 0.4) is 0 Å². The number of carbonyl (C=O) groups is 1. The maximum atomic E-state index is 12.2. The molecule has 182 valence electrons. The first-order valence-electron chi connectivity index (χ1n) is 11.7. The summed E-state index contributed by atoms with van der Waals surface area (Å²) in [5.41, 5.74) is 1.91. The molecule has 6 nitrogen and oxygen atoms in total. The van der Waals surface area contributed by atoms with Gasteiger partial charge in [-0.05, 0) is 63.1 Å². The van der Waals surface area contributed by atoms with Crippen LogP contribution in [0.5, 0.6) is 0 Å². The summed E-state index contributed by atoms with van der Waals surface area (Å²) < 4.78 is 0. The van der Waals surface area contributed by atoms with Gasteiger partial charge in [0.15, 0.2) is 5.96 Å². The van der Waals surface area contributed by atoms with Crippen molar-refractivity contribution >= 4 is 35.8 Å². The van der Waals surface area contributed by atoms with Crippen molar-refractivity contribution in [3.8, 4) is 0 Å². The van der Waals surface area contributed by atoms with Crippen molar-refractivity contribution < 1.29 is 4.79 Å². The first-order valence-corrected chi connectivity index (χ1v) is 11.7. The number of benzene rings is 1.